The molecule has 2 heterocycles. The maximum absolute atomic E-state index is 13.0. The molecule has 0 bridgehead atoms. The van der Waals surface area contributed by atoms with E-state index >= 15 is 0 Å². The van der Waals surface area contributed by atoms with Gasteiger partial charge in [0.25, 0.3) is 0 Å². The van der Waals surface area contributed by atoms with E-state index in [1.54, 1.807) is 29.4 Å². The van der Waals surface area contributed by atoms with Crippen molar-refractivity contribution in [1.82, 2.24) is 13.9 Å². The van der Waals surface area contributed by atoms with Gasteiger partial charge in [-0.25, -0.2) is 13.4 Å². The summed E-state index contributed by atoms with van der Waals surface area (Å²) >= 11 is 6.16. The fourth-order valence-corrected chi connectivity index (χ4v) is 5.63. The van der Waals surface area contributed by atoms with Gasteiger partial charge in [0.1, 0.15) is 10.7 Å². The lowest BCUT2D eigenvalue weighted by atomic mass is 9.97. The highest BCUT2D eigenvalue weighted by molar-refractivity contribution is 7.89. The molecule has 0 amide bonds. The second kappa shape index (κ2) is 6.86. The number of piperidine rings is 1. The fourth-order valence-electron chi connectivity index (χ4n) is 3.37. The average molecular weight is 368 g/mol. The molecule has 0 saturated carbocycles. The number of halogens is 1. The quantitative estimate of drug-likeness (QED) is 0.831. The minimum Gasteiger partial charge on any atom is -0.335 e. The molecule has 1 aliphatic rings. The number of hydrogen-bond donors (Lipinski definition) is 0. The monoisotopic (exact) mass is 367 g/mol. The van der Waals surface area contributed by atoms with E-state index in [-0.39, 0.29) is 4.90 Å². The first kappa shape index (κ1) is 17.5. The Hall–Kier alpha value is -1.37. The van der Waals surface area contributed by atoms with Crippen LogP contribution in [-0.2, 0) is 16.6 Å². The molecule has 1 aromatic heterocycles. The van der Waals surface area contributed by atoms with E-state index in [4.69, 9.17) is 11.6 Å². The highest BCUT2D eigenvalue weighted by Gasteiger charge is 2.33. The maximum Gasteiger partial charge on any atom is 0.244 e. The van der Waals surface area contributed by atoms with Crippen LogP contribution in [0.4, 0.5) is 0 Å². The number of sulfonamides is 1. The molecule has 0 unspecified atom stereocenters. The second-order valence-electron chi connectivity index (χ2n) is 6.14. The number of nitrogens with zero attached hydrogens (tertiary/aromatic N) is 3. The van der Waals surface area contributed by atoms with Crippen LogP contribution in [0.5, 0.6) is 0 Å². The van der Waals surface area contributed by atoms with Crippen molar-refractivity contribution >= 4 is 21.6 Å². The van der Waals surface area contributed by atoms with E-state index < -0.39 is 10.0 Å². The Labute approximate surface area is 148 Å². The molecule has 5 nitrogen and oxygen atoms in total. The molecule has 0 aliphatic carbocycles. The Morgan fingerprint density at radius 2 is 2.00 bits per heavy atom. The van der Waals surface area contributed by atoms with Crippen molar-refractivity contribution in [2.45, 2.75) is 44.0 Å². The van der Waals surface area contributed by atoms with E-state index in [0.717, 1.165) is 25.2 Å². The predicted octanol–water partition coefficient (Wildman–Crippen LogP) is 3.43. The van der Waals surface area contributed by atoms with Crippen LogP contribution in [0, 0.1) is 6.92 Å². The zero-order valence-corrected chi connectivity index (χ0v) is 15.5. The van der Waals surface area contributed by atoms with Crippen LogP contribution < -0.4 is 0 Å². The van der Waals surface area contributed by atoms with Gasteiger partial charge in [-0.1, -0.05) is 23.7 Å². The van der Waals surface area contributed by atoms with Crippen molar-refractivity contribution in [2.75, 3.05) is 13.1 Å². The van der Waals surface area contributed by atoms with E-state index in [2.05, 4.69) is 16.5 Å². The molecule has 1 fully saturated rings. The van der Waals surface area contributed by atoms with Crippen LogP contribution in [0.2, 0.25) is 5.02 Å². The highest BCUT2D eigenvalue weighted by atomic mass is 35.5. The van der Waals surface area contributed by atoms with Crippen LogP contribution >= 0.6 is 11.6 Å². The first-order valence-corrected chi connectivity index (χ1v) is 10.0. The number of aryl methyl sites for hydroxylation is 2. The second-order valence-corrected chi connectivity index (χ2v) is 8.42. The lowest BCUT2D eigenvalue weighted by Gasteiger charge is -2.31. The summed E-state index contributed by atoms with van der Waals surface area (Å²) in [6.07, 6.45) is 5.35. The summed E-state index contributed by atoms with van der Waals surface area (Å²) in [5, 5.41) is 0.290. The van der Waals surface area contributed by atoms with Gasteiger partial charge < -0.3 is 4.57 Å². The SMILES string of the molecule is CCn1ccnc1C1CCN(S(=O)(=O)c2c(C)cccc2Cl)CC1. The van der Waals surface area contributed by atoms with Crippen molar-refractivity contribution in [3.05, 3.63) is 47.0 Å². The number of hydrogen-bond acceptors (Lipinski definition) is 3. The third-order valence-corrected chi connectivity index (χ3v) is 7.20. The molecule has 1 aliphatic heterocycles. The first-order valence-electron chi connectivity index (χ1n) is 8.21. The van der Waals surface area contributed by atoms with Gasteiger partial charge in [-0.05, 0) is 38.3 Å². The van der Waals surface area contributed by atoms with Gasteiger partial charge in [-0.3, -0.25) is 0 Å². The third-order valence-electron chi connectivity index (χ3n) is 4.67. The summed E-state index contributed by atoms with van der Waals surface area (Å²) in [6, 6.07) is 5.18. The Morgan fingerprint density at radius 3 is 2.62 bits per heavy atom. The lowest BCUT2D eigenvalue weighted by Crippen LogP contribution is -2.38. The molecule has 24 heavy (non-hydrogen) atoms. The number of rotatable bonds is 4. The Balaban J connectivity index is 1.79. The molecule has 2 aromatic rings. The van der Waals surface area contributed by atoms with Gasteiger partial charge in [0.2, 0.25) is 10.0 Å². The molecule has 0 atom stereocenters. The largest absolute Gasteiger partial charge is 0.335 e. The van der Waals surface area contributed by atoms with Crippen molar-refractivity contribution in [3.63, 3.8) is 0 Å². The van der Waals surface area contributed by atoms with Crippen LogP contribution in [0.25, 0.3) is 0 Å². The van der Waals surface area contributed by atoms with Gasteiger partial charge in [-0.2, -0.15) is 4.31 Å². The first-order chi connectivity index (χ1) is 11.4. The average Bonchev–Trinajstić information content (AvgIpc) is 3.03. The maximum atomic E-state index is 13.0. The van der Waals surface area contributed by atoms with E-state index in [9.17, 15) is 8.42 Å². The Bertz CT molecular complexity index is 804. The smallest absolute Gasteiger partial charge is 0.244 e. The fraction of sp³-hybridized carbons (Fsp3) is 0.471. The highest BCUT2D eigenvalue weighted by Crippen LogP contribution is 2.33. The van der Waals surface area contributed by atoms with Gasteiger partial charge in [-0.15, -0.1) is 0 Å². The minimum atomic E-state index is -3.56. The third kappa shape index (κ3) is 3.10. The molecule has 130 valence electrons. The molecule has 1 saturated heterocycles. The minimum absolute atomic E-state index is 0.236. The summed E-state index contributed by atoms with van der Waals surface area (Å²) in [5.74, 6) is 1.36. The molecular weight excluding hydrogens is 346 g/mol. The Morgan fingerprint density at radius 1 is 1.29 bits per heavy atom. The van der Waals surface area contributed by atoms with Crippen LogP contribution in [-0.4, -0.2) is 35.4 Å². The van der Waals surface area contributed by atoms with E-state index in [1.165, 1.54) is 0 Å². The number of aromatic nitrogens is 2. The standard InChI is InChI=1S/C17H22ClN3O2S/c1-3-20-12-9-19-17(20)14-7-10-21(11-8-14)24(22,23)16-13(2)5-4-6-15(16)18/h4-6,9,12,14H,3,7-8,10-11H2,1-2H3. The number of benzene rings is 1. The molecule has 7 heteroatoms. The summed E-state index contributed by atoms with van der Waals surface area (Å²) < 4.78 is 29.6. The summed E-state index contributed by atoms with van der Waals surface area (Å²) in [7, 11) is -3.56. The van der Waals surface area contributed by atoms with Crippen molar-refractivity contribution in [2.24, 2.45) is 0 Å². The van der Waals surface area contributed by atoms with Crippen LogP contribution in [0.3, 0.4) is 0 Å². The van der Waals surface area contributed by atoms with Crippen LogP contribution in [0.15, 0.2) is 35.5 Å². The van der Waals surface area contributed by atoms with Gasteiger partial charge in [0, 0.05) is 37.9 Å². The van der Waals surface area contributed by atoms with Crippen LogP contribution in [0.1, 0.15) is 37.1 Å². The van der Waals surface area contributed by atoms with Crippen molar-refractivity contribution < 1.29 is 8.42 Å². The zero-order chi connectivity index (χ0) is 17.3. The molecule has 1 aromatic carbocycles. The van der Waals surface area contributed by atoms with Gasteiger partial charge in [0.05, 0.1) is 5.02 Å². The van der Waals surface area contributed by atoms with Gasteiger partial charge in [0.15, 0.2) is 0 Å². The zero-order valence-electron chi connectivity index (χ0n) is 13.9. The molecular formula is C17H22ClN3O2S. The Kier molecular flexibility index (Phi) is 4.99. The summed E-state index contributed by atoms with van der Waals surface area (Å²) in [6.45, 7) is 5.74. The van der Waals surface area contributed by atoms with Crippen molar-refractivity contribution in [1.29, 1.82) is 0 Å². The summed E-state index contributed by atoms with van der Waals surface area (Å²) in [4.78, 5) is 4.69. The summed E-state index contributed by atoms with van der Waals surface area (Å²) in [5.41, 5.74) is 0.686. The van der Waals surface area contributed by atoms with E-state index in [1.807, 2.05) is 12.4 Å². The predicted molar refractivity (Wildman–Crippen MR) is 94.8 cm³/mol. The topological polar surface area (TPSA) is 55.2 Å². The molecule has 0 spiro atoms. The molecule has 3 rings (SSSR count). The van der Waals surface area contributed by atoms with Gasteiger partial charge >= 0.3 is 0 Å². The molecule has 0 N–H and O–H groups in total. The lowest BCUT2D eigenvalue weighted by molar-refractivity contribution is 0.309. The number of imidazole rings is 1. The van der Waals surface area contributed by atoms with Crippen molar-refractivity contribution in [3.8, 4) is 0 Å². The van der Waals surface area contributed by atoms with E-state index in [0.29, 0.717) is 29.6 Å². The normalized spacial score (nSPS) is 17.3. The molecule has 0 radical (unpaired) electrons.